The van der Waals surface area contributed by atoms with E-state index in [1.807, 2.05) is 12.4 Å². The molecule has 25 heavy (non-hydrogen) atoms. The van der Waals surface area contributed by atoms with Gasteiger partial charge in [0.15, 0.2) is 0 Å². The summed E-state index contributed by atoms with van der Waals surface area (Å²) in [5.41, 5.74) is 0. The summed E-state index contributed by atoms with van der Waals surface area (Å²) in [6.45, 7) is 4.59. The molecule has 0 radical (unpaired) electrons. The van der Waals surface area contributed by atoms with Crippen LogP contribution in [0.4, 0.5) is 0 Å². The lowest BCUT2D eigenvalue weighted by Gasteiger charge is -2.28. The zero-order chi connectivity index (χ0) is 17.6. The minimum Gasteiger partial charge on any atom is -0.317 e. The number of aromatic nitrogens is 4. The van der Waals surface area contributed by atoms with Crippen LogP contribution in [0.1, 0.15) is 37.8 Å². The van der Waals surface area contributed by atoms with E-state index >= 15 is 0 Å². The zero-order valence-corrected chi connectivity index (χ0v) is 17.8. The Balaban J connectivity index is 0.000000146. The molecule has 4 heterocycles. The monoisotopic (exact) mass is 472 g/mol. The molecule has 0 saturated carbocycles. The third-order valence-electron chi connectivity index (χ3n) is 4.88. The molecule has 0 bridgehead atoms. The molecule has 0 aromatic carbocycles. The lowest BCUT2D eigenvalue weighted by Crippen LogP contribution is -2.31. The molecule has 0 amide bonds. The van der Waals surface area contributed by atoms with Crippen LogP contribution in [0.15, 0.2) is 33.7 Å². The zero-order valence-electron chi connectivity index (χ0n) is 14.6. The summed E-state index contributed by atoms with van der Waals surface area (Å²) in [6, 6.07) is 1.19. The molecule has 8 heteroatoms. The van der Waals surface area contributed by atoms with Gasteiger partial charge in [0.1, 0.15) is 0 Å². The number of nitrogens with zero attached hydrogens (tertiary/aromatic N) is 5. The molecule has 2 aromatic rings. The highest BCUT2D eigenvalue weighted by atomic mass is 79.9. The van der Waals surface area contributed by atoms with E-state index in [1.54, 1.807) is 0 Å². The summed E-state index contributed by atoms with van der Waals surface area (Å²) in [5.74, 6) is 0. The SMILES string of the molecule is Brc1cnn(C2CCNCC2)c1.CN1CCC(n2cc(Br)cn2)CC1. The average molecular weight is 474 g/mol. The van der Waals surface area contributed by atoms with Crippen molar-refractivity contribution in [1.82, 2.24) is 29.8 Å². The average Bonchev–Trinajstić information content (AvgIpc) is 3.26. The molecule has 0 aliphatic carbocycles. The number of halogens is 2. The van der Waals surface area contributed by atoms with Crippen LogP contribution < -0.4 is 5.32 Å². The number of rotatable bonds is 2. The number of nitrogens with one attached hydrogen (secondary N) is 1. The van der Waals surface area contributed by atoms with Gasteiger partial charge in [-0.1, -0.05) is 0 Å². The Kier molecular flexibility index (Phi) is 7.09. The van der Waals surface area contributed by atoms with Crippen LogP contribution in [0.25, 0.3) is 0 Å². The van der Waals surface area contributed by atoms with Crippen LogP contribution in [0.5, 0.6) is 0 Å². The first-order chi connectivity index (χ1) is 12.1. The van der Waals surface area contributed by atoms with Crippen LogP contribution in [-0.2, 0) is 0 Å². The first-order valence-corrected chi connectivity index (χ1v) is 10.5. The Morgan fingerprint density at radius 3 is 1.80 bits per heavy atom. The predicted molar refractivity (Wildman–Crippen MR) is 107 cm³/mol. The fourth-order valence-corrected chi connectivity index (χ4v) is 3.96. The summed E-state index contributed by atoms with van der Waals surface area (Å²) in [7, 11) is 2.18. The first-order valence-electron chi connectivity index (χ1n) is 8.90. The Labute approximate surface area is 166 Å². The summed E-state index contributed by atoms with van der Waals surface area (Å²) >= 11 is 6.82. The molecule has 6 nitrogen and oxygen atoms in total. The molecular weight excluding hydrogens is 448 g/mol. The van der Waals surface area contributed by atoms with Gasteiger partial charge in [0.2, 0.25) is 0 Å². The Morgan fingerprint density at radius 1 is 0.880 bits per heavy atom. The molecule has 2 aliphatic heterocycles. The topological polar surface area (TPSA) is 50.9 Å². The second-order valence-corrected chi connectivity index (χ2v) is 8.62. The van der Waals surface area contributed by atoms with E-state index in [2.05, 4.69) is 81.1 Å². The largest absolute Gasteiger partial charge is 0.317 e. The van der Waals surface area contributed by atoms with Crippen molar-refractivity contribution in [1.29, 1.82) is 0 Å². The fraction of sp³-hybridized carbons (Fsp3) is 0.647. The summed E-state index contributed by atoms with van der Waals surface area (Å²) in [4.78, 5) is 2.37. The van der Waals surface area contributed by atoms with Crippen molar-refractivity contribution in [2.45, 2.75) is 37.8 Å². The van der Waals surface area contributed by atoms with Gasteiger partial charge in [-0.25, -0.2) is 0 Å². The highest BCUT2D eigenvalue weighted by Crippen LogP contribution is 2.22. The van der Waals surface area contributed by atoms with Gasteiger partial charge in [0.25, 0.3) is 0 Å². The van der Waals surface area contributed by atoms with Gasteiger partial charge in [0, 0.05) is 12.4 Å². The maximum absolute atomic E-state index is 4.32. The Bertz CT molecular complexity index is 641. The number of hydrogen-bond acceptors (Lipinski definition) is 4. The number of piperidine rings is 2. The summed E-state index contributed by atoms with van der Waals surface area (Å²) in [6.07, 6.45) is 12.6. The van der Waals surface area contributed by atoms with E-state index < -0.39 is 0 Å². The van der Waals surface area contributed by atoms with Crippen molar-refractivity contribution in [3.8, 4) is 0 Å². The molecule has 1 N–H and O–H groups in total. The normalized spacial score (nSPS) is 20.3. The van der Waals surface area contributed by atoms with Gasteiger partial charge >= 0.3 is 0 Å². The van der Waals surface area contributed by atoms with Gasteiger partial charge in [-0.05, 0) is 90.8 Å². The van der Waals surface area contributed by atoms with Crippen molar-refractivity contribution in [3.63, 3.8) is 0 Å². The van der Waals surface area contributed by atoms with E-state index in [1.165, 1.54) is 38.8 Å². The maximum Gasteiger partial charge on any atom is 0.0632 e. The van der Waals surface area contributed by atoms with Gasteiger partial charge in [-0.2, -0.15) is 10.2 Å². The Morgan fingerprint density at radius 2 is 1.36 bits per heavy atom. The van der Waals surface area contributed by atoms with E-state index in [0.717, 1.165) is 22.0 Å². The van der Waals surface area contributed by atoms with Gasteiger partial charge < -0.3 is 10.2 Å². The van der Waals surface area contributed by atoms with Crippen LogP contribution in [0.3, 0.4) is 0 Å². The van der Waals surface area contributed by atoms with Crippen molar-refractivity contribution < 1.29 is 0 Å². The Hall–Kier alpha value is -0.700. The minimum atomic E-state index is 0.595. The molecule has 0 spiro atoms. The molecule has 2 saturated heterocycles. The van der Waals surface area contributed by atoms with Crippen LogP contribution in [0.2, 0.25) is 0 Å². The lowest BCUT2D eigenvalue weighted by molar-refractivity contribution is 0.212. The highest BCUT2D eigenvalue weighted by molar-refractivity contribution is 9.10. The number of hydrogen-bond donors (Lipinski definition) is 1. The van der Waals surface area contributed by atoms with Crippen molar-refractivity contribution in [2.75, 3.05) is 33.2 Å². The number of likely N-dealkylation sites (tertiary alicyclic amines) is 1. The second kappa shape index (κ2) is 9.30. The van der Waals surface area contributed by atoms with Gasteiger partial charge in [-0.15, -0.1) is 0 Å². The molecular formula is C17H26Br2N6. The summed E-state index contributed by atoms with van der Waals surface area (Å²) in [5, 5.41) is 11.9. The van der Waals surface area contributed by atoms with Crippen LogP contribution in [0, 0.1) is 0 Å². The molecule has 138 valence electrons. The molecule has 2 fully saturated rings. The summed E-state index contributed by atoms with van der Waals surface area (Å²) < 4.78 is 6.29. The fourth-order valence-electron chi connectivity index (χ4n) is 3.36. The maximum atomic E-state index is 4.32. The highest BCUT2D eigenvalue weighted by Gasteiger charge is 2.18. The molecule has 0 atom stereocenters. The van der Waals surface area contributed by atoms with Gasteiger partial charge in [0.05, 0.1) is 33.4 Å². The van der Waals surface area contributed by atoms with Crippen LogP contribution >= 0.6 is 31.9 Å². The van der Waals surface area contributed by atoms with E-state index in [0.29, 0.717) is 12.1 Å². The standard InChI is InChI=1S/C9H14BrN3.C8H12BrN3/c1-12-4-2-9(3-5-12)13-7-8(10)6-11-13;9-7-5-11-12(6-7)8-1-3-10-4-2-8/h6-7,9H,2-5H2,1H3;5-6,8,10H,1-4H2. The smallest absolute Gasteiger partial charge is 0.0632 e. The molecule has 4 rings (SSSR count). The molecule has 0 unspecified atom stereocenters. The third kappa shape index (κ3) is 5.64. The van der Waals surface area contributed by atoms with E-state index in [9.17, 15) is 0 Å². The first kappa shape index (κ1) is 19.1. The predicted octanol–water partition coefficient (Wildman–Crippen LogP) is 3.48. The quantitative estimate of drug-likeness (QED) is 0.725. The lowest BCUT2D eigenvalue weighted by atomic mass is 10.1. The van der Waals surface area contributed by atoms with Crippen molar-refractivity contribution >= 4 is 31.9 Å². The molecule has 2 aliphatic rings. The second-order valence-electron chi connectivity index (χ2n) is 6.79. The van der Waals surface area contributed by atoms with E-state index in [-0.39, 0.29) is 0 Å². The minimum absolute atomic E-state index is 0.595. The third-order valence-corrected chi connectivity index (χ3v) is 5.70. The van der Waals surface area contributed by atoms with Gasteiger partial charge in [-0.3, -0.25) is 9.36 Å². The molecule has 2 aromatic heterocycles. The van der Waals surface area contributed by atoms with Crippen molar-refractivity contribution in [2.24, 2.45) is 0 Å². The van der Waals surface area contributed by atoms with E-state index in [4.69, 9.17) is 0 Å². The van der Waals surface area contributed by atoms with Crippen molar-refractivity contribution in [3.05, 3.63) is 33.7 Å². The van der Waals surface area contributed by atoms with Crippen LogP contribution in [-0.4, -0.2) is 57.7 Å².